The number of halogens is 2. The van der Waals surface area contributed by atoms with Crippen LogP contribution in [0.5, 0.6) is 0 Å². The van der Waals surface area contributed by atoms with Crippen LogP contribution in [0.15, 0.2) is 28.9 Å². The van der Waals surface area contributed by atoms with Crippen molar-refractivity contribution in [1.29, 1.82) is 0 Å². The third kappa shape index (κ3) is 2.60. The minimum atomic E-state index is -0.661. The Morgan fingerprint density at radius 2 is 2.00 bits per heavy atom. The van der Waals surface area contributed by atoms with E-state index in [0.29, 0.717) is 36.0 Å². The summed E-state index contributed by atoms with van der Waals surface area (Å²) in [5, 5.41) is 4.16. The van der Waals surface area contributed by atoms with Gasteiger partial charge < -0.3 is 14.3 Å². The van der Waals surface area contributed by atoms with Crippen LogP contribution in [0.4, 0.5) is 13.9 Å². The Labute approximate surface area is 139 Å². The second-order valence-corrected chi connectivity index (χ2v) is 6.40. The van der Waals surface area contributed by atoms with E-state index >= 15 is 0 Å². The third-order valence-corrected chi connectivity index (χ3v) is 4.95. The Kier molecular flexibility index (Phi) is 3.64. The molecular weight excluding hydrogens is 338 g/mol. The van der Waals surface area contributed by atoms with Crippen LogP contribution in [0.2, 0.25) is 0 Å². The summed E-state index contributed by atoms with van der Waals surface area (Å²) in [6.45, 7) is 2.10. The van der Waals surface area contributed by atoms with E-state index in [4.69, 9.17) is 4.52 Å². The molecule has 1 fully saturated rings. The molecule has 4 rings (SSSR count). The minimum absolute atomic E-state index is 0.177. The third-order valence-electron chi connectivity index (χ3n) is 3.89. The van der Waals surface area contributed by atoms with Gasteiger partial charge in [-0.3, -0.25) is 4.79 Å². The topological polar surface area (TPSA) is 62.5 Å². The fourth-order valence-electron chi connectivity index (χ4n) is 2.66. The molecule has 3 heterocycles. The first-order valence-corrected chi connectivity index (χ1v) is 8.14. The standard InChI is InChI=1S/C15H12F2N4O2S/c16-9-7-10(17)13-12(8-9)24-15(19-13)21-5-3-20(4-6-21)14(22)11-1-2-18-23-11/h1-2,7-8H,3-6H2. The van der Waals surface area contributed by atoms with E-state index in [1.165, 1.54) is 29.7 Å². The van der Waals surface area contributed by atoms with Crippen molar-refractivity contribution in [2.75, 3.05) is 31.1 Å². The van der Waals surface area contributed by atoms with E-state index in [1.807, 2.05) is 4.90 Å². The Morgan fingerprint density at radius 1 is 1.21 bits per heavy atom. The van der Waals surface area contributed by atoms with Crippen molar-refractivity contribution in [3.63, 3.8) is 0 Å². The monoisotopic (exact) mass is 350 g/mol. The van der Waals surface area contributed by atoms with Crippen LogP contribution >= 0.6 is 11.3 Å². The van der Waals surface area contributed by atoms with E-state index in [-0.39, 0.29) is 17.2 Å². The zero-order valence-electron chi connectivity index (χ0n) is 12.4. The molecule has 1 aliphatic rings. The zero-order chi connectivity index (χ0) is 16.7. The number of carbonyl (C=O) groups is 1. The number of aromatic nitrogens is 2. The summed E-state index contributed by atoms with van der Waals surface area (Å²) in [6, 6.07) is 3.64. The molecule has 0 saturated carbocycles. The summed E-state index contributed by atoms with van der Waals surface area (Å²) in [5.41, 5.74) is 0.177. The number of carbonyl (C=O) groups excluding carboxylic acids is 1. The molecule has 3 aromatic rings. The van der Waals surface area contributed by atoms with Crippen LogP contribution in [0.25, 0.3) is 10.2 Å². The summed E-state index contributed by atoms with van der Waals surface area (Å²) >= 11 is 1.24. The van der Waals surface area contributed by atoms with E-state index in [0.717, 1.165) is 6.07 Å². The van der Waals surface area contributed by atoms with Crippen molar-refractivity contribution < 1.29 is 18.1 Å². The first-order valence-electron chi connectivity index (χ1n) is 7.32. The lowest BCUT2D eigenvalue weighted by Gasteiger charge is -2.33. The van der Waals surface area contributed by atoms with Gasteiger partial charge >= 0.3 is 0 Å². The van der Waals surface area contributed by atoms with Crippen LogP contribution in [0.1, 0.15) is 10.6 Å². The molecule has 1 aliphatic heterocycles. The number of thiazole rings is 1. The molecule has 0 radical (unpaired) electrons. The van der Waals surface area contributed by atoms with Crippen LogP contribution in [-0.2, 0) is 0 Å². The lowest BCUT2D eigenvalue weighted by Crippen LogP contribution is -2.48. The highest BCUT2D eigenvalue weighted by molar-refractivity contribution is 7.22. The average Bonchev–Trinajstić information content (AvgIpc) is 3.24. The number of hydrogen-bond acceptors (Lipinski definition) is 6. The molecule has 1 aromatic carbocycles. The maximum Gasteiger partial charge on any atom is 0.292 e. The SMILES string of the molecule is O=C(c1ccno1)N1CCN(c2nc3c(F)cc(F)cc3s2)CC1. The fourth-order valence-corrected chi connectivity index (χ4v) is 3.72. The van der Waals surface area contributed by atoms with Crippen molar-refractivity contribution >= 4 is 32.6 Å². The minimum Gasteiger partial charge on any atom is -0.351 e. The first-order chi connectivity index (χ1) is 11.6. The number of fused-ring (bicyclic) bond motifs is 1. The first kappa shape index (κ1) is 15.0. The molecule has 1 saturated heterocycles. The molecule has 0 aliphatic carbocycles. The van der Waals surface area contributed by atoms with E-state index in [9.17, 15) is 13.6 Å². The van der Waals surface area contributed by atoms with Gasteiger partial charge in [0.15, 0.2) is 10.9 Å². The second kappa shape index (κ2) is 5.82. The number of benzene rings is 1. The van der Waals surface area contributed by atoms with Crippen LogP contribution in [0.3, 0.4) is 0 Å². The average molecular weight is 350 g/mol. The Bertz CT molecular complexity index is 888. The number of anilines is 1. The second-order valence-electron chi connectivity index (χ2n) is 5.39. The van der Waals surface area contributed by atoms with E-state index in [1.54, 1.807) is 4.90 Å². The molecule has 0 atom stereocenters. The molecule has 24 heavy (non-hydrogen) atoms. The van der Waals surface area contributed by atoms with Crippen molar-refractivity contribution in [1.82, 2.24) is 15.0 Å². The normalized spacial score (nSPS) is 15.2. The van der Waals surface area contributed by atoms with Gasteiger partial charge in [-0.15, -0.1) is 0 Å². The molecule has 2 aromatic heterocycles. The Balaban J connectivity index is 1.50. The lowest BCUT2D eigenvalue weighted by molar-refractivity contribution is 0.0705. The van der Waals surface area contributed by atoms with Gasteiger partial charge in [0.25, 0.3) is 5.91 Å². The molecule has 6 nitrogen and oxygen atoms in total. The highest BCUT2D eigenvalue weighted by Crippen LogP contribution is 2.31. The predicted octanol–water partition coefficient (Wildman–Crippen LogP) is 2.52. The van der Waals surface area contributed by atoms with E-state index < -0.39 is 11.6 Å². The molecule has 124 valence electrons. The van der Waals surface area contributed by atoms with E-state index in [2.05, 4.69) is 10.1 Å². The summed E-state index contributed by atoms with van der Waals surface area (Å²) < 4.78 is 32.4. The smallest absolute Gasteiger partial charge is 0.292 e. The van der Waals surface area contributed by atoms with Gasteiger partial charge in [-0.1, -0.05) is 16.5 Å². The van der Waals surface area contributed by atoms with Gasteiger partial charge in [0.05, 0.1) is 10.9 Å². The van der Waals surface area contributed by atoms with Gasteiger partial charge in [0.2, 0.25) is 5.76 Å². The zero-order valence-corrected chi connectivity index (χ0v) is 13.2. The Hall–Kier alpha value is -2.55. The summed E-state index contributed by atoms with van der Waals surface area (Å²) in [5.74, 6) is -1.27. The number of rotatable bonds is 2. The van der Waals surface area contributed by atoms with Crippen molar-refractivity contribution in [2.45, 2.75) is 0 Å². The number of amides is 1. The van der Waals surface area contributed by atoms with Crippen LogP contribution < -0.4 is 4.90 Å². The van der Waals surface area contributed by atoms with Gasteiger partial charge in [0, 0.05) is 38.3 Å². The Morgan fingerprint density at radius 3 is 2.71 bits per heavy atom. The summed E-state index contributed by atoms with van der Waals surface area (Å²) in [4.78, 5) is 20.1. The predicted molar refractivity (Wildman–Crippen MR) is 84.2 cm³/mol. The van der Waals surface area contributed by atoms with Crippen LogP contribution in [-0.4, -0.2) is 47.1 Å². The molecule has 9 heteroatoms. The highest BCUT2D eigenvalue weighted by atomic mass is 32.1. The fraction of sp³-hybridized carbons (Fsp3) is 0.267. The van der Waals surface area contributed by atoms with Gasteiger partial charge in [-0.2, -0.15) is 0 Å². The van der Waals surface area contributed by atoms with Crippen molar-refractivity contribution in [3.05, 3.63) is 41.8 Å². The highest BCUT2D eigenvalue weighted by Gasteiger charge is 2.26. The number of piperazine rings is 1. The largest absolute Gasteiger partial charge is 0.351 e. The molecule has 0 unspecified atom stereocenters. The maximum atomic E-state index is 13.8. The lowest BCUT2D eigenvalue weighted by atomic mass is 10.3. The van der Waals surface area contributed by atoms with Crippen molar-refractivity contribution in [2.24, 2.45) is 0 Å². The quantitative estimate of drug-likeness (QED) is 0.711. The summed E-state index contributed by atoms with van der Waals surface area (Å²) in [6.07, 6.45) is 1.43. The molecular formula is C15H12F2N4O2S. The summed E-state index contributed by atoms with van der Waals surface area (Å²) in [7, 11) is 0. The maximum absolute atomic E-state index is 13.8. The number of hydrogen-bond donors (Lipinski definition) is 0. The molecule has 0 N–H and O–H groups in total. The van der Waals surface area contributed by atoms with Gasteiger partial charge in [-0.25, -0.2) is 13.8 Å². The van der Waals surface area contributed by atoms with Gasteiger partial charge in [0.1, 0.15) is 11.3 Å². The van der Waals surface area contributed by atoms with Gasteiger partial charge in [-0.05, 0) is 6.07 Å². The molecule has 1 amide bonds. The number of nitrogens with zero attached hydrogens (tertiary/aromatic N) is 4. The van der Waals surface area contributed by atoms with Crippen molar-refractivity contribution in [3.8, 4) is 0 Å². The molecule has 0 spiro atoms. The van der Waals surface area contributed by atoms with Crippen LogP contribution in [0, 0.1) is 11.6 Å². The molecule has 0 bridgehead atoms.